The topological polar surface area (TPSA) is 84.9 Å². The highest BCUT2D eigenvalue weighted by molar-refractivity contribution is 7.88. The molecule has 158 valence electrons. The molecule has 0 aromatic rings. The van der Waals surface area contributed by atoms with Crippen molar-refractivity contribution in [3.8, 4) is 0 Å². The number of methoxy groups -OCH3 is 1. The Bertz CT molecular complexity index is 573. The SMILES string of the molecule is COCC(=O)N1CCC[C@H](NS(C)(=O)=O)[C@@H]1COC1CCC(C(C)C)CC1. The Morgan fingerprint density at radius 2 is 1.85 bits per heavy atom. The molecule has 1 saturated carbocycles. The molecular formula is C19H36N2O5S. The maximum absolute atomic E-state index is 12.5. The van der Waals surface area contributed by atoms with Crippen molar-refractivity contribution in [2.24, 2.45) is 11.8 Å². The summed E-state index contributed by atoms with van der Waals surface area (Å²) in [6.45, 7) is 5.52. The number of nitrogens with zero attached hydrogens (tertiary/aromatic N) is 1. The maximum atomic E-state index is 12.5. The summed E-state index contributed by atoms with van der Waals surface area (Å²) >= 11 is 0. The van der Waals surface area contributed by atoms with Crippen LogP contribution in [0.1, 0.15) is 52.4 Å². The minimum absolute atomic E-state index is 0.00158. The molecule has 1 aliphatic carbocycles. The van der Waals surface area contributed by atoms with E-state index >= 15 is 0 Å². The largest absolute Gasteiger partial charge is 0.376 e. The number of rotatable bonds is 8. The molecule has 0 aromatic heterocycles. The molecule has 7 nitrogen and oxygen atoms in total. The minimum Gasteiger partial charge on any atom is -0.376 e. The zero-order valence-corrected chi connectivity index (χ0v) is 18.0. The smallest absolute Gasteiger partial charge is 0.248 e. The normalized spacial score (nSPS) is 29.9. The first kappa shape index (κ1) is 22.6. The van der Waals surface area contributed by atoms with Crippen LogP contribution in [0.3, 0.4) is 0 Å². The van der Waals surface area contributed by atoms with Crippen molar-refractivity contribution in [3.05, 3.63) is 0 Å². The predicted molar refractivity (Wildman–Crippen MR) is 105 cm³/mol. The van der Waals surface area contributed by atoms with Crippen molar-refractivity contribution in [3.63, 3.8) is 0 Å². The van der Waals surface area contributed by atoms with E-state index < -0.39 is 10.0 Å². The van der Waals surface area contributed by atoms with Gasteiger partial charge in [0.15, 0.2) is 0 Å². The van der Waals surface area contributed by atoms with Crippen LogP contribution in [0, 0.1) is 11.8 Å². The lowest BCUT2D eigenvalue weighted by Crippen LogP contribution is -2.59. The number of piperidine rings is 1. The van der Waals surface area contributed by atoms with Crippen molar-refractivity contribution in [2.45, 2.75) is 70.6 Å². The molecule has 2 atom stereocenters. The Labute approximate surface area is 164 Å². The molecule has 27 heavy (non-hydrogen) atoms. The molecule has 2 rings (SSSR count). The van der Waals surface area contributed by atoms with Gasteiger partial charge in [0.2, 0.25) is 15.9 Å². The summed E-state index contributed by atoms with van der Waals surface area (Å²) in [6, 6.07) is -0.611. The van der Waals surface area contributed by atoms with Crippen LogP contribution in [0.2, 0.25) is 0 Å². The van der Waals surface area contributed by atoms with E-state index in [1.165, 1.54) is 20.0 Å². The Morgan fingerprint density at radius 1 is 1.19 bits per heavy atom. The van der Waals surface area contributed by atoms with Crippen molar-refractivity contribution in [2.75, 3.05) is 33.1 Å². The van der Waals surface area contributed by atoms with Crippen molar-refractivity contribution >= 4 is 15.9 Å². The number of likely N-dealkylation sites (tertiary alicyclic amines) is 1. The Morgan fingerprint density at radius 3 is 2.41 bits per heavy atom. The van der Waals surface area contributed by atoms with E-state index in [0.717, 1.165) is 31.4 Å². The first-order chi connectivity index (χ1) is 12.7. The summed E-state index contributed by atoms with van der Waals surface area (Å²) in [5.74, 6) is 1.35. The van der Waals surface area contributed by atoms with Gasteiger partial charge in [-0.15, -0.1) is 0 Å². The number of sulfonamides is 1. The molecule has 1 saturated heterocycles. The summed E-state index contributed by atoms with van der Waals surface area (Å²) in [4.78, 5) is 14.2. The van der Waals surface area contributed by atoms with Gasteiger partial charge < -0.3 is 14.4 Å². The van der Waals surface area contributed by atoms with Gasteiger partial charge in [0, 0.05) is 19.7 Å². The lowest BCUT2D eigenvalue weighted by molar-refractivity contribution is -0.142. The summed E-state index contributed by atoms with van der Waals surface area (Å²) in [7, 11) is -1.86. The molecule has 0 aromatic carbocycles. The second-order valence-electron chi connectivity index (χ2n) is 8.34. The molecule has 0 radical (unpaired) electrons. The van der Waals surface area contributed by atoms with Crippen LogP contribution in [0.15, 0.2) is 0 Å². The fourth-order valence-corrected chi connectivity index (χ4v) is 5.17. The third-order valence-electron chi connectivity index (χ3n) is 5.90. The van der Waals surface area contributed by atoms with Gasteiger partial charge in [-0.25, -0.2) is 13.1 Å². The van der Waals surface area contributed by atoms with Crippen LogP contribution in [-0.2, 0) is 24.3 Å². The van der Waals surface area contributed by atoms with E-state index in [1.54, 1.807) is 4.90 Å². The van der Waals surface area contributed by atoms with Crippen molar-refractivity contribution in [1.82, 2.24) is 9.62 Å². The second-order valence-corrected chi connectivity index (χ2v) is 10.1. The third kappa shape index (κ3) is 7.00. The molecule has 2 fully saturated rings. The average molecular weight is 405 g/mol. The van der Waals surface area contributed by atoms with Crippen molar-refractivity contribution < 1.29 is 22.7 Å². The molecule has 8 heteroatoms. The molecule has 1 amide bonds. The molecule has 0 unspecified atom stereocenters. The number of carbonyl (C=O) groups is 1. The van der Waals surface area contributed by atoms with Gasteiger partial charge >= 0.3 is 0 Å². The van der Waals surface area contributed by atoms with E-state index in [2.05, 4.69) is 18.6 Å². The predicted octanol–water partition coefficient (Wildman–Crippen LogP) is 1.77. The van der Waals surface area contributed by atoms with E-state index in [-0.39, 0.29) is 30.7 Å². The molecular weight excluding hydrogens is 368 g/mol. The zero-order chi connectivity index (χ0) is 20.0. The highest BCUT2D eigenvalue weighted by Crippen LogP contribution is 2.31. The summed E-state index contributed by atoms with van der Waals surface area (Å²) in [5, 5.41) is 0. The van der Waals surface area contributed by atoms with Crippen molar-refractivity contribution in [1.29, 1.82) is 0 Å². The van der Waals surface area contributed by atoms with Gasteiger partial charge in [-0.05, 0) is 50.4 Å². The van der Waals surface area contributed by atoms with Gasteiger partial charge in [-0.2, -0.15) is 0 Å². The fraction of sp³-hybridized carbons (Fsp3) is 0.947. The second kappa shape index (κ2) is 10.2. The maximum Gasteiger partial charge on any atom is 0.248 e. The monoisotopic (exact) mass is 404 g/mol. The first-order valence-electron chi connectivity index (χ1n) is 10.1. The lowest BCUT2D eigenvalue weighted by atomic mass is 9.80. The molecule has 1 heterocycles. The summed E-state index contributed by atoms with van der Waals surface area (Å²) in [6.07, 6.45) is 7.23. The Kier molecular flexibility index (Phi) is 8.52. The van der Waals surface area contributed by atoms with Crippen LogP contribution >= 0.6 is 0 Å². The number of ether oxygens (including phenoxy) is 2. The first-order valence-corrected chi connectivity index (χ1v) is 12.0. The van der Waals surface area contributed by atoms with Gasteiger partial charge in [-0.3, -0.25) is 4.79 Å². The number of amides is 1. The number of nitrogens with one attached hydrogen (secondary N) is 1. The van der Waals surface area contributed by atoms with E-state index in [4.69, 9.17) is 9.47 Å². The summed E-state index contributed by atoms with van der Waals surface area (Å²) in [5.41, 5.74) is 0. The van der Waals surface area contributed by atoms with E-state index in [9.17, 15) is 13.2 Å². The van der Waals surface area contributed by atoms with Crippen LogP contribution in [0.4, 0.5) is 0 Å². The average Bonchev–Trinajstić information content (AvgIpc) is 2.59. The molecule has 1 N–H and O–H groups in total. The quantitative estimate of drug-likeness (QED) is 0.666. The Balaban J connectivity index is 2.00. The fourth-order valence-electron chi connectivity index (χ4n) is 4.35. The zero-order valence-electron chi connectivity index (χ0n) is 17.1. The third-order valence-corrected chi connectivity index (χ3v) is 6.63. The van der Waals surface area contributed by atoms with Gasteiger partial charge in [0.25, 0.3) is 0 Å². The molecule has 1 aliphatic heterocycles. The highest BCUT2D eigenvalue weighted by atomic mass is 32.2. The molecule has 0 spiro atoms. The van der Waals surface area contributed by atoms with Crippen LogP contribution in [0.5, 0.6) is 0 Å². The van der Waals surface area contributed by atoms with E-state index in [1.807, 2.05) is 0 Å². The molecule has 0 bridgehead atoms. The molecule has 2 aliphatic rings. The van der Waals surface area contributed by atoms with Gasteiger partial charge in [-0.1, -0.05) is 13.8 Å². The Hall–Kier alpha value is -0.700. The van der Waals surface area contributed by atoms with Crippen LogP contribution < -0.4 is 4.72 Å². The van der Waals surface area contributed by atoms with Crippen LogP contribution in [0.25, 0.3) is 0 Å². The minimum atomic E-state index is -3.35. The summed E-state index contributed by atoms with van der Waals surface area (Å²) < 4.78 is 37.4. The number of carbonyl (C=O) groups excluding carboxylic acids is 1. The van der Waals surface area contributed by atoms with Crippen LogP contribution in [-0.4, -0.2) is 70.5 Å². The standard InChI is InChI=1S/C19H36N2O5S/c1-14(2)15-7-9-16(10-8-15)26-12-18-17(20-27(4,23)24)6-5-11-21(18)19(22)13-25-3/h14-18,20H,5-13H2,1-4H3/t15?,16?,17-,18-/m0/s1. The number of hydrogen-bond acceptors (Lipinski definition) is 5. The lowest BCUT2D eigenvalue weighted by Gasteiger charge is -2.42. The highest BCUT2D eigenvalue weighted by Gasteiger charge is 2.36. The number of hydrogen-bond donors (Lipinski definition) is 1. The van der Waals surface area contributed by atoms with Gasteiger partial charge in [0.05, 0.1) is 25.0 Å². The van der Waals surface area contributed by atoms with Gasteiger partial charge in [0.1, 0.15) is 6.61 Å². The van der Waals surface area contributed by atoms with E-state index in [0.29, 0.717) is 25.5 Å².